The summed E-state index contributed by atoms with van der Waals surface area (Å²) in [5, 5.41) is 0. The Morgan fingerprint density at radius 3 is 2.25 bits per heavy atom. The molecule has 0 aliphatic heterocycles. The van der Waals surface area contributed by atoms with Crippen LogP contribution < -0.4 is 0 Å². The van der Waals surface area contributed by atoms with E-state index >= 15 is 0 Å². The van der Waals surface area contributed by atoms with Crippen LogP contribution in [0.3, 0.4) is 0 Å². The predicted octanol–water partition coefficient (Wildman–Crippen LogP) is 1.90. The van der Waals surface area contributed by atoms with Gasteiger partial charge in [-0.1, -0.05) is 13.5 Å². The standard InChI is InChI=1S/C8H18O3Si/c1-6-11-7-8(2)12(5,9-3)10-4/h6,8H,1,7H2,2-5H3. The normalized spacial score (nSPS) is 14.0. The van der Waals surface area contributed by atoms with Crippen LogP contribution in [0.1, 0.15) is 6.92 Å². The zero-order chi connectivity index (χ0) is 9.61. The van der Waals surface area contributed by atoms with Crippen LogP contribution in [-0.2, 0) is 13.6 Å². The predicted molar refractivity (Wildman–Crippen MR) is 51.2 cm³/mol. The Morgan fingerprint density at radius 1 is 1.42 bits per heavy atom. The third-order valence-electron chi connectivity index (χ3n) is 2.17. The molecule has 0 saturated heterocycles. The molecule has 0 aromatic carbocycles. The molecule has 0 radical (unpaired) electrons. The summed E-state index contributed by atoms with van der Waals surface area (Å²) >= 11 is 0. The largest absolute Gasteiger partial charge is 0.502 e. The van der Waals surface area contributed by atoms with E-state index in [1.54, 1.807) is 14.2 Å². The number of rotatable bonds is 6. The van der Waals surface area contributed by atoms with Crippen LogP contribution in [-0.4, -0.2) is 29.4 Å². The zero-order valence-corrected chi connectivity index (χ0v) is 9.29. The molecule has 0 aliphatic rings. The lowest BCUT2D eigenvalue weighted by atomic mass is 10.5. The second-order valence-corrected chi connectivity index (χ2v) is 6.66. The molecule has 0 saturated carbocycles. The summed E-state index contributed by atoms with van der Waals surface area (Å²) in [4.78, 5) is 0. The minimum absolute atomic E-state index is 0.297. The van der Waals surface area contributed by atoms with Crippen LogP contribution in [0, 0.1) is 0 Å². The van der Waals surface area contributed by atoms with Crippen LogP contribution in [0.5, 0.6) is 0 Å². The molecule has 4 heteroatoms. The first kappa shape index (κ1) is 11.7. The van der Waals surface area contributed by atoms with E-state index in [-0.39, 0.29) is 0 Å². The molecule has 72 valence electrons. The van der Waals surface area contributed by atoms with Crippen molar-refractivity contribution in [3.05, 3.63) is 12.8 Å². The highest BCUT2D eigenvalue weighted by molar-refractivity contribution is 6.67. The third-order valence-corrected chi connectivity index (χ3v) is 5.75. The second-order valence-electron chi connectivity index (χ2n) is 2.83. The lowest BCUT2D eigenvalue weighted by molar-refractivity contribution is 0.194. The lowest BCUT2D eigenvalue weighted by Crippen LogP contribution is -2.42. The van der Waals surface area contributed by atoms with Gasteiger partial charge < -0.3 is 13.6 Å². The Hall–Kier alpha value is -0.323. The third kappa shape index (κ3) is 2.96. The van der Waals surface area contributed by atoms with Crippen molar-refractivity contribution in [1.82, 2.24) is 0 Å². The Labute approximate surface area is 75.6 Å². The minimum Gasteiger partial charge on any atom is -0.502 e. The number of hydrogen-bond acceptors (Lipinski definition) is 3. The summed E-state index contributed by atoms with van der Waals surface area (Å²) in [5.74, 6) is 0. The van der Waals surface area contributed by atoms with Gasteiger partial charge in [0.1, 0.15) is 0 Å². The quantitative estimate of drug-likeness (QED) is 0.473. The van der Waals surface area contributed by atoms with Gasteiger partial charge in [0.15, 0.2) is 0 Å². The molecule has 0 amide bonds. The molecule has 12 heavy (non-hydrogen) atoms. The van der Waals surface area contributed by atoms with Gasteiger partial charge in [0.25, 0.3) is 0 Å². The highest BCUT2D eigenvalue weighted by atomic mass is 28.4. The molecule has 1 unspecified atom stereocenters. The van der Waals surface area contributed by atoms with E-state index < -0.39 is 8.56 Å². The van der Waals surface area contributed by atoms with Gasteiger partial charge in [-0.05, 0) is 6.55 Å². The maximum atomic E-state index is 5.35. The molecule has 0 spiro atoms. The minimum atomic E-state index is -2.01. The maximum absolute atomic E-state index is 5.35. The molecule has 0 rings (SSSR count). The van der Waals surface area contributed by atoms with Gasteiger partial charge in [-0.25, -0.2) is 0 Å². The van der Waals surface area contributed by atoms with Crippen molar-refractivity contribution in [1.29, 1.82) is 0 Å². The van der Waals surface area contributed by atoms with Crippen LogP contribution in [0.25, 0.3) is 0 Å². The Morgan fingerprint density at radius 2 is 1.92 bits per heavy atom. The summed E-state index contributed by atoms with van der Waals surface area (Å²) in [5.41, 5.74) is 0.297. The van der Waals surface area contributed by atoms with Gasteiger partial charge in [0, 0.05) is 19.8 Å². The van der Waals surface area contributed by atoms with Crippen LogP contribution in [0.2, 0.25) is 12.1 Å². The fourth-order valence-electron chi connectivity index (χ4n) is 0.849. The van der Waals surface area contributed by atoms with Gasteiger partial charge in [0.05, 0.1) is 12.9 Å². The molecular weight excluding hydrogens is 172 g/mol. The van der Waals surface area contributed by atoms with Crippen molar-refractivity contribution in [3.8, 4) is 0 Å². The average molecular weight is 190 g/mol. The SMILES string of the molecule is C=COCC(C)[Si](C)(OC)OC. The highest BCUT2D eigenvalue weighted by Gasteiger charge is 2.36. The van der Waals surface area contributed by atoms with E-state index in [4.69, 9.17) is 13.6 Å². The van der Waals surface area contributed by atoms with Gasteiger partial charge in [-0.2, -0.15) is 0 Å². The Kier molecular flexibility index (Phi) is 5.20. The van der Waals surface area contributed by atoms with Crippen molar-refractivity contribution in [2.45, 2.75) is 19.0 Å². The van der Waals surface area contributed by atoms with E-state index in [1.807, 2.05) is 6.55 Å². The Balaban J connectivity index is 4.01. The van der Waals surface area contributed by atoms with Crippen molar-refractivity contribution in [3.63, 3.8) is 0 Å². The van der Waals surface area contributed by atoms with Crippen LogP contribution in [0.4, 0.5) is 0 Å². The van der Waals surface area contributed by atoms with Crippen molar-refractivity contribution in [2.24, 2.45) is 0 Å². The first-order chi connectivity index (χ1) is 5.60. The monoisotopic (exact) mass is 190 g/mol. The maximum Gasteiger partial charge on any atom is 0.340 e. The van der Waals surface area contributed by atoms with Crippen LogP contribution >= 0.6 is 0 Å². The van der Waals surface area contributed by atoms with Gasteiger partial charge in [-0.3, -0.25) is 0 Å². The highest BCUT2D eigenvalue weighted by Crippen LogP contribution is 2.22. The van der Waals surface area contributed by atoms with Gasteiger partial charge in [0.2, 0.25) is 0 Å². The summed E-state index contributed by atoms with van der Waals surface area (Å²) in [6.45, 7) is 8.16. The summed E-state index contributed by atoms with van der Waals surface area (Å²) in [7, 11) is 1.35. The van der Waals surface area contributed by atoms with Crippen molar-refractivity contribution >= 4 is 8.56 Å². The summed E-state index contributed by atoms with van der Waals surface area (Å²) in [6, 6.07) is 0. The second kappa shape index (κ2) is 5.34. The number of ether oxygens (including phenoxy) is 1. The summed E-state index contributed by atoms with van der Waals surface area (Å²) in [6.07, 6.45) is 1.44. The van der Waals surface area contributed by atoms with Crippen molar-refractivity contribution in [2.75, 3.05) is 20.8 Å². The van der Waals surface area contributed by atoms with E-state index in [9.17, 15) is 0 Å². The molecule has 0 aromatic rings. The fourth-order valence-corrected chi connectivity index (χ4v) is 2.22. The van der Waals surface area contributed by atoms with E-state index in [0.29, 0.717) is 12.1 Å². The average Bonchev–Trinajstić information content (AvgIpc) is 2.12. The molecule has 0 aromatic heterocycles. The molecule has 0 aliphatic carbocycles. The molecule has 0 bridgehead atoms. The van der Waals surface area contributed by atoms with E-state index in [1.165, 1.54) is 6.26 Å². The van der Waals surface area contributed by atoms with E-state index in [0.717, 1.165) is 0 Å². The smallest absolute Gasteiger partial charge is 0.340 e. The summed E-state index contributed by atoms with van der Waals surface area (Å²) < 4.78 is 15.8. The van der Waals surface area contributed by atoms with Gasteiger partial charge >= 0.3 is 8.56 Å². The fraction of sp³-hybridized carbons (Fsp3) is 0.750. The molecule has 0 fully saturated rings. The molecule has 0 N–H and O–H groups in total. The van der Waals surface area contributed by atoms with E-state index in [2.05, 4.69) is 13.5 Å². The number of hydrogen-bond donors (Lipinski definition) is 0. The molecule has 1 atom stereocenters. The molecule has 3 nitrogen and oxygen atoms in total. The molecular formula is C8H18O3Si. The first-order valence-electron chi connectivity index (χ1n) is 3.93. The van der Waals surface area contributed by atoms with Crippen LogP contribution in [0.15, 0.2) is 12.8 Å². The Bertz CT molecular complexity index is 134. The van der Waals surface area contributed by atoms with Gasteiger partial charge in [-0.15, -0.1) is 0 Å². The topological polar surface area (TPSA) is 27.7 Å². The first-order valence-corrected chi connectivity index (χ1v) is 6.33. The van der Waals surface area contributed by atoms with Crippen molar-refractivity contribution < 1.29 is 13.6 Å². The molecule has 0 heterocycles. The lowest BCUT2D eigenvalue weighted by Gasteiger charge is -2.28. The zero-order valence-electron chi connectivity index (χ0n) is 8.29.